The van der Waals surface area contributed by atoms with Gasteiger partial charge in [0.25, 0.3) is 5.91 Å². The van der Waals surface area contributed by atoms with E-state index >= 15 is 0 Å². The van der Waals surface area contributed by atoms with Gasteiger partial charge in [0.2, 0.25) is 0 Å². The molecular formula is C25H20Br2N2O3. The summed E-state index contributed by atoms with van der Waals surface area (Å²) >= 11 is 7.21. The van der Waals surface area contributed by atoms with Gasteiger partial charge in [0.05, 0.1) is 6.61 Å². The van der Waals surface area contributed by atoms with E-state index in [1.165, 1.54) is 18.2 Å². The molecule has 0 heterocycles. The summed E-state index contributed by atoms with van der Waals surface area (Å²) in [6.45, 7) is 2.39. The van der Waals surface area contributed by atoms with Crippen LogP contribution in [0, 0.1) is 11.3 Å². The number of hydrogen-bond acceptors (Lipinski definition) is 4. The molecule has 3 aromatic carbocycles. The SMILES string of the molecule is CCOc1cc(/C=C(\C#N)C(=O)Nc2ccc(O)cc2)cc(Br)c1Cc1ccccc1Br. The standard InChI is InChI=1S/C25H20Br2N2O3/c1-2-32-24-13-16(12-23(27)21(24)14-17-5-3-4-6-22(17)26)11-18(15-28)25(31)29-19-7-9-20(30)10-8-19/h3-13,30H,2,14H2,1H3,(H,29,31)/b18-11+. The number of carbonyl (C=O) groups excluding carboxylic acids is 1. The third-order valence-corrected chi connectivity index (χ3v) is 6.08. The van der Waals surface area contributed by atoms with Crippen molar-refractivity contribution in [2.45, 2.75) is 13.3 Å². The number of nitriles is 1. The molecule has 3 rings (SSSR count). The van der Waals surface area contributed by atoms with Gasteiger partial charge in [-0.3, -0.25) is 4.79 Å². The Morgan fingerprint density at radius 3 is 2.50 bits per heavy atom. The fraction of sp³-hybridized carbons (Fsp3) is 0.120. The highest BCUT2D eigenvalue weighted by Gasteiger charge is 2.15. The molecule has 0 saturated carbocycles. The molecule has 0 spiro atoms. The number of nitrogens with zero attached hydrogens (tertiary/aromatic N) is 1. The van der Waals surface area contributed by atoms with Gasteiger partial charge < -0.3 is 15.2 Å². The number of rotatable bonds is 7. The molecule has 3 aromatic rings. The average Bonchev–Trinajstić information content (AvgIpc) is 2.77. The summed E-state index contributed by atoms with van der Waals surface area (Å²) in [6, 6.07) is 19.7. The molecular weight excluding hydrogens is 536 g/mol. The van der Waals surface area contributed by atoms with Gasteiger partial charge in [-0.2, -0.15) is 5.26 Å². The molecule has 0 unspecified atom stereocenters. The van der Waals surface area contributed by atoms with Gasteiger partial charge in [0.1, 0.15) is 23.1 Å². The molecule has 0 fully saturated rings. The minimum Gasteiger partial charge on any atom is -0.508 e. The second-order valence-electron chi connectivity index (χ2n) is 6.85. The predicted molar refractivity (Wildman–Crippen MR) is 133 cm³/mol. The molecule has 7 heteroatoms. The van der Waals surface area contributed by atoms with Crippen LogP contribution < -0.4 is 10.1 Å². The smallest absolute Gasteiger partial charge is 0.266 e. The lowest BCUT2D eigenvalue weighted by Crippen LogP contribution is -2.13. The largest absolute Gasteiger partial charge is 0.508 e. The van der Waals surface area contributed by atoms with Crippen LogP contribution in [0.4, 0.5) is 5.69 Å². The third-order valence-electron chi connectivity index (χ3n) is 4.60. The van der Waals surface area contributed by atoms with Crippen molar-refractivity contribution in [3.63, 3.8) is 0 Å². The Bertz CT molecular complexity index is 1200. The van der Waals surface area contributed by atoms with Crippen LogP contribution in [0.5, 0.6) is 11.5 Å². The Labute approximate surface area is 203 Å². The molecule has 0 saturated heterocycles. The number of halogens is 2. The second kappa shape index (κ2) is 11.0. The van der Waals surface area contributed by atoms with E-state index in [0.717, 1.165) is 20.1 Å². The summed E-state index contributed by atoms with van der Waals surface area (Å²) in [5.41, 5.74) is 3.18. The number of ether oxygens (including phenoxy) is 1. The summed E-state index contributed by atoms with van der Waals surface area (Å²) in [5, 5.41) is 21.6. The number of aromatic hydroxyl groups is 1. The van der Waals surface area contributed by atoms with E-state index in [9.17, 15) is 15.2 Å². The van der Waals surface area contributed by atoms with Crippen LogP contribution in [-0.4, -0.2) is 17.6 Å². The summed E-state index contributed by atoms with van der Waals surface area (Å²) in [5.74, 6) is 0.236. The number of amides is 1. The Hall–Kier alpha value is -3.08. The minimum atomic E-state index is -0.537. The minimum absolute atomic E-state index is 0.0500. The van der Waals surface area contributed by atoms with E-state index in [-0.39, 0.29) is 11.3 Å². The summed E-state index contributed by atoms with van der Waals surface area (Å²) in [4.78, 5) is 12.6. The average molecular weight is 556 g/mol. The summed E-state index contributed by atoms with van der Waals surface area (Å²) in [6.07, 6.45) is 2.17. The molecule has 0 aliphatic heterocycles. The number of phenolic OH excluding ortho intramolecular Hbond substituents is 1. The van der Waals surface area contributed by atoms with Crippen molar-refractivity contribution in [2.24, 2.45) is 0 Å². The number of phenols is 1. The van der Waals surface area contributed by atoms with Crippen LogP contribution in [-0.2, 0) is 11.2 Å². The molecule has 5 nitrogen and oxygen atoms in total. The second-order valence-corrected chi connectivity index (χ2v) is 8.56. The highest BCUT2D eigenvalue weighted by molar-refractivity contribution is 9.10. The van der Waals surface area contributed by atoms with Crippen molar-refractivity contribution in [2.75, 3.05) is 11.9 Å². The lowest BCUT2D eigenvalue weighted by atomic mass is 10.0. The Balaban J connectivity index is 1.91. The predicted octanol–water partition coefficient (Wildman–Crippen LogP) is 6.45. The van der Waals surface area contributed by atoms with E-state index in [1.807, 2.05) is 49.4 Å². The molecule has 162 valence electrons. The third kappa shape index (κ3) is 6.00. The molecule has 1 amide bonds. The van der Waals surface area contributed by atoms with Crippen molar-refractivity contribution >= 4 is 49.5 Å². The molecule has 32 heavy (non-hydrogen) atoms. The van der Waals surface area contributed by atoms with Crippen LogP contribution in [0.25, 0.3) is 6.08 Å². The Morgan fingerprint density at radius 1 is 1.12 bits per heavy atom. The first-order chi connectivity index (χ1) is 15.4. The Morgan fingerprint density at radius 2 is 1.84 bits per heavy atom. The molecule has 0 aliphatic rings. The van der Waals surface area contributed by atoms with Crippen molar-refractivity contribution in [1.29, 1.82) is 5.26 Å². The first-order valence-electron chi connectivity index (χ1n) is 9.82. The van der Waals surface area contributed by atoms with Crippen LogP contribution in [0.2, 0.25) is 0 Å². The molecule has 0 aromatic heterocycles. The summed E-state index contributed by atoms with van der Waals surface area (Å²) in [7, 11) is 0. The zero-order chi connectivity index (χ0) is 23.1. The monoisotopic (exact) mass is 554 g/mol. The van der Waals surface area contributed by atoms with Crippen LogP contribution >= 0.6 is 31.9 Å². The topological polar surface area (TPSA) is 82.3 Å². The van der Waals surface area contributed by atoms with Crippen molar-refractivity contribution < 1.29 is 14.6 Å². The van der Waals surface area contributed by atoms with Crippen LogP contribution in [0.1, 0.15) is 23.6 Å². The fourth-order valence-electron chi connectivity index (χ4n) is 3.06. The lowest BCUT2D eigenvalue weighted by molar-refractivity contribution is -0.112. The fourth-order valence-corrected chi connectivity index (χ4v) is 4.09. The molecule has 0 atom stereocenters. The maximum atomic E-state index is 12.6. The van der Waals surface area contributed by atoms with Gasteiger partial charge in [0, 0.05) is 26.6 Å². The number of hydrogen-bond donors (Lipinski definition) is 2. The van der Waals surface area contributed by atoms with E-state index in [0.29, 0.717) is 30.0 Å². The Kier molecular flexibility index (Phi) is 8.09. The number of benzene rings is 3. The van der Waals surface area contributed by atoms with Crippen molar-refractivity contribution in [1.82, 2.24) is 0 Å². The van der Waals surface area contributed by atoms with Gasteiger partial charge in [-0.15, -0.1) is 0 Å². The molecule has 2 N–H and O–H groups in total. The number of nitrogens with one attached hydrogen (secondary N) is 1. The quantitative estimate of drug-likeness (QED) is 0.199. The highest BCUT2D eigenvalue weighted by Crippen LogP contribution is 2.33. The molecule has 0 aliphatic carbocycles. The van der Waals surface area contributed by atoms with Crippen LogP contribution in [0.3, 0.4) is 0 Å². The lowest BCUT2D eigenvalue weighted by Gasteiger charge is -2.15. The van der Waals surface area contributed by atoms with Gasteiger partial charge >= 0.3 is 0 Å². The van der Waals surface area contributed by atoms with E-state index in [2.05, 4.69) is 37.2 Å². The first kappa shape index (κ1) is 23.6. The maximum absolute atomic E-state index is 12.6. The molecule has 0 bridgehead atoms. The van der Waals surface area contributed by atoms with E-state index in [4.69, 9.17) is 4.74 Å². The number of carbonyl (C=O) groups is 1. The number of anilines is 1. The zero-order valence-corrected chi connectivity index (χ0v) is 20.4. The van der Waals surface area contributed by atoms with Crippen LogP contribution in [0.15, 0.2) is 75.2 Å². The van der Waals surface area contributed by atoms with E-state index in [1.54, 1.807) is 12.1 Å². The maximum Gasteiger partial charge on any atom is 0.266 e. The molecule has 0 radical (unpaired) electrons. The summed E-state index contributed by atoms with van der Waals surface area (Å²) < 4.78 is 7.70. The van der Waals surface area contributed by atoms with Gasteiger partial charge in [-0.05, 0) is 66.6 Å². The van der Waals surface area contributed by atoms with Crippen molar-refractivity contribution in [3.8, 4) is 17.6 Å². The van der Waals surface area contributed by atoms with Crippen molar-refractivity contribution in [3.05, 3.63) is 91.9 Å². The van der Waals surface area contributed by atoms with Gasteiger partial charge in [-0.25, -0.2) is 0 Å². The normalized spacial score (nSPS) is 11.0. The van der Waals surface area contributed by atoms with E-state index < -0.39 is 5.91 Å². The first-order valence-corrected chi connectivity index (χ1v) is 11.4. The highest BCUT2D eigenvalue weighted by atomic mass is 79.9. The van der Waals surface area contributed by atoms with Gasteiger partial charge in [-0.1, -0.05) is 50.1 Å². The zero-order valence-electron chi connectivity index (χ0n) is 17.2. The van der Waals surface area contributed by atoms with Gasteiger partial charge in [0.15, 0.2) is 0 Å².